The van der Waals surface area contributed by atoms with E-state index in [1.165, 1.54) is 11.0 Å². The summed E-state index contributed by atoms with van der Waals surface area (Å²) in [6.07, 6.45) is 7.06. The van der Waals surface area contributed by atoms with Gasteiger partial charge < -0.3 is 9.72 Å². The van der Waals surface area contributed by atoms with Crippen molar-refractivity contribution in [3.63, 3.8) is 0 Å². The van der Waals surface area contributed by atoms with Crippen LogP contribution in [0.2, 0.25) is 0 Å². The third-order valence-electron chi connectivity index (χ3n) is 5.69. The molecule has 1 saturated heterocycles. The highest BCUT2D eigenvalue weighted by Gasteiger charge is 2.33. The molecule has 3 aliphatic rings. The first-order valence-corrected chi connectivity index (χ1v) is 8.95. The van der Waals surface area contributed by atoms with Crippen LogP contribution in [-0.2, 0) is 11.2 Å². The first kappa shape index (κ1) is 15.1. The van der Waals surface area contributed by atoms with Crippen LogP contribution in [0.15, 0.2) is 9.59 Å². The molecule has 0 unspecified atom stereocenters. The molecule has 6 heteroatoms. The van der Waals surface area contributed by atoms with Crippen molar-refractivity contribution in [2.75, 3.05) is 26.3 Å². The van der Waals surface area contributed by atoms with Crippen molar-refractivity contribution < 1.29 is 4.74 Å². The molecule has 1 aromatic heterocycles. The number of hydrogen-bond acceptors (Lipinski definition) is 4. The standard InChI is InChI=1S/C17H25N3O3/c21-16-13-6-7-14(19-8-10-23-11-9-19)15(13)18-17(22)20(16)12-4-2-1-3-5-12/h12,14H,1-11H2,(H,18,22)/t14-/m1/s1. The Morgan fingerprint density at radius 1 is 1.00 bits per heavy atom. The van der Waals surface area contributed by atoms with E-state index in [1.807, 2.05) is 0 Å². The number of nitrogens with one attached hydrogen (secondary N) is 1. The molecule has 2 heterocycles. The highest BCUT2D eigenvalue weighted by atomic mass is 16.5. The predicted molar refractivity (Wildman–Crippen MR) is 86.9 cm³/mol. The van der Waals surface area contributed by atoms with Crippen molar-refractivity contribution >= 4 is 0 Å². The lowest BCUT2D eigenvalue weighted by Crippen LogP contribution is -2.43. The Morgan fingerprint density at radius 2 is 1.74 bits per heavy atom. The summed E-state index contributed by atoms with van der Waals surface area (Å²) in [7, 11) is 0. The van der Waals surface area contributed by atoms with Crippen LogP contribution >= 0.6 is 0 Å². The smallest absolute Gasteiger partial charge is 0.328 e. The summed E-state index contributed by atoms with van der Waals surface area (Å²) in [5.41, 5.74) is 1.47. The zero-order valence-corrected chi connectivity index (χ0v) is 13.6. The Morgan fingerprint density at radius 3 is 2.48 bits per heavy atom. The molecule has 0 aromatic carbocycles. The molecule has 1 aromatic rings. The molecule has 0 spiro atoms. The van der Waals surface area contributed by atoms with Crippen LogP contribution in [0.3, 0.4) is 0 Å². The molecule has 23 heavy (non-hydrogen) atoms. The van der Waals surface area contributed by atoms with E-state index in [9.17, 15) is 9.59 Å². The minimum Gasteiger partial charge on any atom is -0.379 e. The Hall–Kier alpha value is -1.40. The van der Waals surface area contributed by atoms with Crippen LogP contribution in [0.4, 0.5) is 0 Å². The molecule has 2 fully saturated rings. The van der Waals surface area contributed by atoms with Crippen molar-refractivity contribution in [2.45, 2.75) is 57.0 Å². The number of aromatic nitrogens is 2. The lowest BCUT2D eigenvalue weighted by atomic mass is 9.95. The fourth-order valence-electron chi connectivity index (χ4n) is 4.48. The largest absolute Gasteiger partial charge is 0.379 e. The molecule has 0 bridgehead atoms. The number of nitrogens with zero attached hydrogens (tertiary/aromatic N) is 2. The molecule has 0 amide bonds. The van der Waals surface area contributed by atoms with Gasteiger partial charge in [0.15, 0.2) is 0 Å². The summed E-state index contributed by atoms with van der Waals surface area (Å²) in [6.45, 7) is 3.21. The van der Waals surface area contributed by atoms with Gasteiger partial charge in [0.25, 0.3) is 5.56 Å². The fourth-order valence-corrected chi connectivity index (χ4v) is 4.48. The van der Waals surface area contributed by atoms with E-state index >= 15 is 0 Å². The van der Waals surface area contributed by atoms with Gasteiger partial charge in [-0.2, -0.15) is 0 Å². The minimum absolute atomic E-state index is 0.0357. The summed E-state index contributed by atoms with van der Waals surface area (Å²) < 4.78 is 6.93. The van der Waals surface area contributed by atoms with Crippen molar-refractivity contribution in [3.8, 4) is 0 Å². The van der Waals surface area contributed by atoms with E-state index in [0.29, 0.717) is 0 Å². The Bertz CT molecular complexity index is 681. The van der Waals surface area contributed by atoms with Gasteiger partial charge >= 0.3 is 5.69 Å². The number of hydrogen-bond donors (Lipinski definition) is 1. The first-order chi connectivity index (χ1) is 11.3. The van der Waals surface area contributed by atoms with Gasteiger partial charge in [-0.15, -0.1) is 0 Å². The molecule has 1 saturated carbocycles. The maximum atomic E-state index is 12.9. The van der Waals surface area contributed by atoms with E-state index < -0.39 is 0 Å². The monoisotopic (exact) mass is 319 g/mol. The van der Waals surface area contributed by atoms with Crippen LogP contribution in [0.25, 0.3) is 0 Å². The highest BCUT2D eigenvalue weighted by Crippen LogP contribution is 2.33. The molecule has 126 valence electrons. The first-order valence-electron chi connectivity index (χ1n) is 8.95. The van der Waals surface area contributed by atoms with E-state index in [0.717, 1.165) is 76.1 Å². The normalized spacial score (nSPS) is 26.3. The zero-order chi connectivity index (χ0) is 15.8. The van der Waals surface area contributed by atoms with Gasteiger partial charge in [-0.05, 0) is 25.7 Å². The summed E-state index contributed by atoms with van der Waals surface area (Å²) in [5.74, 6) is 0. The summed E-state index contributed by atoms with van der Waals surface area (Å²) in [5, 5.41) is 0. The molecule has 2 aliphatic carbocycles. The van der Waals surface area contributed by atoms with Crippen LogP contribution in [0, 0.1) is 0 Å². The Kier molecular flexibility index (Phi) is 4.11. The summed E-state index contributed by atoms with van der Waals surface area (Å²) >= 11 is 0. The number of aromatic amines is 1. The minimum atomic E-state index is -0.208. The maximum absolute atomic E-state index is 12.9. The molecular weight excluding hydrogens is 294 g/mol. The lowest BCUT2D eigenvalue weighted by Gasteiger charge is -2.32. The van der Waals surface area contributed by atoms with E-state index in [1.54, 1.807) is 0 Å². The van der Waals surface area contributed by atoms with Gasteiger partial charge in [0, 0.05) is 30.4 Å². The van der Waals surface area contributed by atoms with Crippen molar-refractivity contribution in [2.24, 2.45) is 0 Å². The van der Waals surface area contributed by atoms with Crippen LogP contribution in [-0.4, -0.2) is 40.8 Å². The lowest BCUT2D eigenvalue weighted by molar-refractivity contribution is 0.0156. The third-order valence-corrected chi connectivity index (χ3v) is 5.69. The average Bonchev–Trinajstić information content (AvgIpc) is 3.00. The maximum Gasteiger partial charge on any atom is 0.328 e. The Balaban J connectivity index is 1.69. The van der Waals surface area contributed by atoms with E-state index in [2.05, 4.69) is 9.88 Å². The van der Waals surface area contributed by atoms with Crippen molar-refractivity contribution in [1.29, 1.82) is 0 Å². The van der Waals surface area contributed by atoms with E-state index in [4.69, 9.17) is 4.74 Å². The second-order valence-electron chi connectivity index (χ2n) is 6.99. The Labute approximate surface area is 135 Å². The van der Waals surface area contributed by atoms with Crippen LogP contribution < -0.4 is 11.2 Å². The molecular formula is C17H25N3O3. The summed E-state index contributed by atoms with van der Waals surface area (Å²) in [4.78, 5) is 30.9. The number of H-pyrrole nitrogens is 1. The number of morpholine rings is 1. The SMILES string of the molecule is O=c1[nH]c2c(c(=O)n1C1CCCCC1)CC[C@H]2N1CCOCC1. The van der Waals surface area contributed by atoms with Gasteiger partial charge in [0.1, 0.15) is 0 Å². The highest BCUT2D eigenvalue weighted by molar-refractivity contribution is 5.26. The van der Waals surface area contributed by atoms with Gasteiger partial charge in [-0.25, -0.2) is 4.79 Å². The van der Waals surface area contributed by atoms with Gasteiger partial charge in [-0.3, -0.25) is 14.3 Å². The van der Waals surface area contributed by atoms with Crippen molar-refractivity contribution in [3.05, 3.63) is 32.1 Å². The van der Waals surface area contributed by atoms with Crippen molar-refractivity contribution in [1.82, 2.24) is 14.5 Å². The molecule has 1 N–H and O–H groups in total. The topological polar surface area (TPSA) is 67.3 Å². The number of rotatable bonds is 2. The second kappa shape index (κ2) is 6.24. The average molecular weight is 319 g/mol. The van der Waals surface area contributed by atoms with E-state index in [-0.39, 0.29) is 23.3 Å². The third kappa shape index (κ3) is 2.68. The molecule has 4 rings (SSSR count). The number of ether oxygens (including phenoxy) is 1. The van der Waals surface area contributed by atoms with Gasteiger partial charge in [-0.1, -0.05) is 19.3 Å². The van der Waals surface area contributed by atoms with Crippen LogP contribution in [0.5, 0.6) is 0 Å². The molecule has 0 radical (unpaired) electrons. The predicted octanol–water partition coefficient (Wildman–Crippen LogP) is 1.36. The molecule has 6 nitrogen and oxygen atoms in total. The summed E-state index contributed by atoms with van der Waals surface area (Å²) in [6, 6.07) is 0.267. The molecule has 1 atom stereocenters. The fraction of sp³-hybridized carbons (Fsp3) is 0.765. The molecule has 1 aliphatic heterocycles. The second-order valence-corrected chi connectivity index (χ2v) is 6.99. The zero-order valence-electron chi connectivity index (χ0n) is 13.6. The van der Waals surface area contributed by atoms with Gasteiger partial charge in [0.2, 0.25) is 0 Å². The van der Waals surface area contributed by atoms with Crippen LogP contribution in [0.1, 0.15) is 61.9 Å². The van der Waals surface area contributed by atoms with Gasteiger partial charge in [0.05, 0.1) is 19.3 Å². The number of fused-ring (bicyclic) bond motifs is 1. The quantitative estimate of drug-likeness (QED) is 0.894.